The largest absolute Gasteiger partial charge is 0.469 e. The van der Waals surface area contributed by atoms with Gasteiger partial charge in [0.05, 0.1) is 19.6 Å². The van der Waals surface area contributed by atoms with Crippen molar-refractivity contribution >= 4 is 11.9 Å². The van der Waals surface area contributed by atoms with E-state index in [4.69, 9.17) is 4.74 Å². The van der Waals surface area contributed by atoms with Crippen molar-refractivity contribution in [3.05, 3.63) is 0 Å². The van der Waals surface area contributed by atoms with Gasteiger partial charge in [-0.2, -0.15) is 0 Å². The summed E-state index contributed by atoms with van der Waals surface area (Å²) >= 11 is 0. The van der Waals surface area contributed by atoms with Crippen LogP contribution in [0.4, 0.5) is 0 Å². The van der Waals surface area contributed by atoms with Crippen molar-refractivity contribution in [2.45, 2.75) is 33.1 Å². The van der Waals surface area contributed by atoms with Gasteiger partial charge in [-0.1, -0.05) is 6.92 Å². The van der Waals surface area contributed by atoms with Crippen LogP contribution in [-0.2, 0) is 19.1 Å². The van der Waals surface area contributed by atoms with Crippen LogP contribution in [0.2, 0.25) is 0 Å². The molecule has 0 rings (SSSR count). The molecule has 0 heterocycles. The molecule has 0 aliphatic carbocycles. The molecule has 4 heteroatoms. The highest BCUT2D eigenvalue weighted by molar-refractivity contribution is 5.72. The van der Waals surface area contributed by atoms with E-state index >= 15 is 0 Å². The quantitative estimate of drug-likeness (QED) is 0.613. The van der Waals surface area contributed by atoms with Gasteiger partial charge in [0.2, 0.25) is 0 Å². The Morgan fingerprint density at radius 2 is 2.00 bits per heavy atom. The van der Waals surface area contributed by atoms with E-state index in [9.17, 15) is 9.59 Å². The van der Waals surface area contributed by atoms with Crippen LogP contribution in [0.15, 0.2) is 0 Å². The van der Waals surface area contributed by atoms with Gasteiger partial charge in [0, 0.05) is 6.42 Å². The van der Waals surface area contributed by atoms with E-state index in [0.29, 0.717) is 25.9 Å². The second-order valence-electron chi connectivity index (χ2n) is 3.12. The van der Waals surface area contributed by atoms with Gasteiger partial charge in [-0.25, -0.2) is 0 Å². The minimum atomic E-state index is -0.235. The number of rotatable bonds is 6. The highest BCUT2D eigenvalue weighted by Crippen LogP contribution is 2.09. The molecular formula is C10H18O4. The standard InChI is InChI=1S/C10H18O4/c1-4-14-10(12)8(2)6-5-7-9(11)13-3/h8H,4-7H2,1-3H3. The molecule has 0 aliphatic heterocycles. The van der Waals surface area contributed by atoms with E-state index < -0.39 is 0 Å². The van der Waals surface area contributed by atoms with Crippen LogP contribution in [-0.4, -0.2) is 25.7 Å². The SMILES string of the molecule is CCOC(=O)C(C)CCCC(=O)OC. The lowest BCUT2D eigenvalue weighted by molar-refractivity contribution is -0.148. The molecule has 0 spiro atoms. The minimum absolute atomic E-state index is 0.139. The maximum Gasteiger partial charge on any atom is 0.308 e. The van der Waals surface area contributed by atoms with E-state index in [1.165, 1.54) is 7.11 Å². The zero-order valence-corrected chi connectivity index (χ0v) is 9.04. The Morgan fingerprint density at radius 1 is 1.36 bits per heavy atom. The summed E-state index contributed by atoms with van der Waals surface area (Å²) < 4.78 is 9.32. The number of carbonyl (C=O) groups excluding carboxylic acids is 2. The molecule has 0 radical (unpaired) electrons. The third kappa shape index (κ3) is 5.56. The van der Waals surface area contributed by atoms with Crippen molar-refractivity contribution in [2.24, 2.45) is 5.92 Å². The Bertz CT molecular complexity index is 189. The summed E-state index contributed by atoms with van der Waals surface area (Å²) in [4.78, 5) is 21.9. The topological polar surface area (TPSA) is 52.6 Å². The van der Waals surface area contributed by atoms with Crippen LogP contribution in [0.1, 0.15) is 33.1 Å². The van der Waals surface area contributed by atoms with Gasteiger partial charge in [0.15, 0.2) is 0 Å². The van der Waals surface area contributed by atoms with Crippen molar-refractivity contribution in [3.63, 3.8) is 0 Å². The summed E-state index contributed by atoms with van der Waals surface area (Å²) in [5.41, 5.74) is 0. The molecule has 1 unspecified atom stereocenters. The second kappa shape index (κ2) is 7.35. The Balaban J connectivity index is 3.58. The molecule has 0 saturated heterocycles. The molecule has 82 valence electrons. The van der Waals surface area contributed by atoms with Crippen molar-refractivity contribution in [2.75, 3.05) is 13.7 Å². The molecular weight excluding hydrogens is 184 g/mol. The smallest absolute Gasteiger partial charge is 0.308 e. The van der Waals surface area contributed by atoms with Crippen LogP contribution < -0.4 is 0 Å². The van der Waals surface area contributed by atoms with Gasteiger partial charge in [0.25, 0.3) is 0 Å². The second-order valence-corrected chi connectivity index (χ2v) is 3.12. The fraction of sp³-hybridized carbons (Fsp3) is 0.800. The van der Waals surface area contributed by atoms with Gasteiger partial charge in [-0.05, 0) is 19.8 Å². The van der Waals surface area contributed by atoms with Crippen molar-refractivity contribution in [3.8, 4) is 0 Å². The van der Waals surface area contributed by atoms with Crippen LogP contribution in [0.25, 0.3) is 0 Å². The average Bonchev–Trinajstić information content (AvgIpc) is 2.17. The molecule has 0 N–H and O–H groups in total. The maximum atomic E-state index is 11.1. The number of ether oxygens (including phenoxy) is 2. The summed E-state index contributed by atoms with van der Waals surface area (Å²) in [6.45, 7) is 3.98. The molecule has 14 heavy (non-hydrogen) atoms. The van der Waals surface area contributed by atoms with Gasteiger partial charge in [-0.15, -0.1) is 0 Å². The van der Waals surface area contributed by atoms with E-state index in [-0.39, 0.29) is 17.9 Å². The van der Waals surface area contributed by atoms with Crippen LogP contribution in [0.5, 0.6) is 0 Å². The average molecular weight is 202 g/mol. The molecule has 4 nitrogen and oxygen atoms in total. The molecule has 1 atom stereocenters. The van der Waals surface area contributed by atoms with Crippen molar-refractivity contribution in [1.29, 1.82) is 0 Å². The minimum Gasteiger partial charge on any atom is -0.469 e. The predicted octanol–water partition coefficient (Wildman–Crippen LogP) is 1.53. The van der Waals surface area contributed by atoms with Crippen LogP contribution in [0.3, 0.4) is 0 Å². The van der Waals surface area contributed by atoms with Crippen LogP contribution in [0, 0.1) is 5.92 Å². The zero-order valence-electron chi connectivity index (χ0n) is 9.04. The molecule has 0 saturated carbocycles. The highest BCUT2D eigenvalue weighted by Gasteiger charge is 2.13. The lowest BCUT2D eigenvalue weighted by atomic mass is 10.0. The van der Waals surface area contributed by atoms with Gasteiger partial charge in [0.1, 0.15) is 0 Å². The van der Waals surface area contributed by atoms with Crippen molar-refractivity contribution in [1.82, 2.24) is 0 Å². The third-order valence-corrected chi connectivity index (χ3v) is 1.93. The molecule has 0 aromatic carbocycles. The summed E-state index contributed by atoms with van der Waals surface area (Å²) in [5.74, 6) is -0.571. The first kappa shape index (κ1) is 12.9. The maximum absolute atomic E-state index is 11.1. The first-order valence-corrected chi connectivity index (χ1v) is 4.85. The van der Waals surface area contributed by atoms with E-state index in [1.807, 2.05) is 0 Å². The lowest BCUT2D eigenvalue weighted by Crippen LogP contribution is -2.15. The summed E-state index contributed by atoms with van der Waals surface area (Å²) in [7, 11) is 1.36. The Morgan fingerprint density at radius 3 is 2.50 bits per heavy atom. The van der Waals surface area contributed by atoms with Crippen molar-refractivity contribution < 1.29 is 19.1 Å². The molecule has 0 fully saturated rings. The first-order valence-electron chi connectivity index (χ1n) is 4.85. The third-order valence-electron chi connectivity index (χ3n) is 1.93. The highest BCUT2D eigenvalue weighted by atomic mass is 16.5. The summed E-state index contributed by atoms with van der Waals surface area (Å²) in [6, 6.07) is 0. The normalized spacial score (nSPS) is 11.9. The fourth-order valence-electron chi connectivity index (χ4n) is 1.06. The van der Waals surface area contributed by atoms with Gasteiger partial charge >= 0.3 is 11.9 Å². The van der Waals surface area contributed by atoms with E-state index in [1.54, 1.807) is 13.8 Å². The number of hydrogen-bond donors (Lipinski definition) is 0. The van der Waals surface area contributed by atoms with Crippen LogP contribution >= 0.6 is 0 Å². The predicted molar refractivity (Wildman–Crippen MR) is 51.7 cm³/mol. The molecule has 0 bridgehead atoms. The van der Waals surface area contributed by atoms with Gasteiger partial charge in [-0.3, -0.25) is 9.59 Å². The van der Waals surface area contributed by atoms with E-state index in [2.05, 4.69) is 4.74 Å². The fourth-order valence-corrected chi connectivity index (χ4v) is 1.06. The lowest BCUT2D eigenvalue weighted by Gasteiger charge is -2.09. The molecule has 0 aromatic rings. The number of carbonyl (C=O) groups is 2. The molecule has 0 aliphatic rings. The summed E-state index contributed by atoms with van der Waals surface area (Å²) in [6.07, 6.45) is 1.68. The number of esters is 2. The monoisotopic (exact) mass is 202 g/mol. The number of hydrogen-bond acceptors (Lipinski definition) is 4. The zero-order chi connectivity index (χ0) is 11.0. The van der Waals surface area contributed by atoms with E-state index in [0.717, 1.165) is 0 Å². The molecule has 0 amide bonds. The Labute approximate surface area is 84.6 Å². The summed E-state index contributed by atoms with van der Waals surface area (Å²) in [5, 5.41) is 0. The number of methoxy groups -OCH3 is 1. The molecule has 0 aromatic heterocycles. The Hall–Kier alpha value is -1.06. The Kier molecular flexibility index (Phi) is 6.80. The van der Waals surface area contributed by atoms with Gasteiger partial charge < -0.3 is 9.47 Å². The first-order chi connectivity index (χ1) is 6.61.